The van der Waals surface area contributed by atoms with E-state index in [0.717, 1.165) is 11.8 Å². The van der Waals surface area contributed by atoms with Gasteiger partial charge in [-0.15, -0.1) is 0 Å². The molecule has 1 aromatic carbocycles. The number of benzene rings is 1. The molecule has 4 nitrogen and oxygen atoms in total. The Morgan fingerprint density at radius 3 is 2.27 bits per heavy atom. The smallest absolute Gasteiger partial charge is 0.490 e. The van der Waals surface area contributed by atoms with Crippen LogP contribution in [0.15, 0.2) is 34.3 Å². The Morgan fingerprint density at radius 1 is 1.14 bits per heavy atom. The van der Waals surface area contributed by atoms with Crippen molar-refractivity contribution in [2.45, 2.75) is 32.6 Å². The molecule has 0 aliphatic heterocycles. The predicted molar refractivity (Wildman–Crippen MR) is 85.2 cm³/mol. The molecule has 0 N–H and O–H groups in total. The van der Waals surface area contributed by atoms with Gasteiger partial charge in [-0.25, -0.2) is 8.42 Å². The number of sulfonamides is 1. The van der Waals surface area contributed by atoms with Crippen LogP contribution in [-0.4, -0.2) is 14.6 Å². The molecular formula is C16H17N2NaO2S. The molecule has 1 rings (SSSR count). The molecule has 0 heterocycles. The van der Waals surface area contributed by atoms with Crippen molar-refractivity contribution < 1.29 is 38.0 Å². The van der Waals surface area contributed by atoms with E-state index >= 15 is 0 Å². The summed E-state index contributed by atoms with van der Waals surface area (Å²) in [6, 6.07) is 6.39. The van der Waals surface area contributed by atoms with Gasteiger partial charge in [0.25, 0.3) is 0 Å². The minimum absolute atomic E-state index is 0. The molecule has 0 saturated carbocycles. The van der Waals surface area contributed by atoms with E-state index in [4.69, 9.17) is 0 Å². The summed E-state index contributed by atoms with van der Waals surface area (Å²) in [6.45, 7) is 7.79. The van der Waals surface area contributed by atoms with Crippen molar-refractivity contribution in [1.82, 2.24) is 0 Å². The van der Waals surface area contributed by atoms with Gasteiger partial charge in [-0.2, -0.15) is 0 Å². The van der Waals surface area contributed by atoms with Crippen molar-refractivity contribution in [3.63, 3.8) is 0 Å². The fraction of sp³-hybridized carbons (Fsp3) is 0.312. The average Bonchev–Trinajstić information content (AvgIpc) is 2.36. The van der Waals surface area contributed by atoms with E-state index in [0.29, 0.717) is 0 Å². The van der Waals surface area contributed by atoms with Crippen LogP contribution in [0.1, 0.15) is 26.3 Å². The average molecular weight is 324 g/mol. The Labute approximate surface area is 155 Å². The Hall–Kier alpha value is -1.24. The molecule has 0 aliphatic rings. The third kappa shape index (κ3) is 8.26. The molecule has 0 saturated heterocycles. The van der Waals surface area contributed by atoms with Crippen molar-refractivity contribution in [1.29, 1.82) is 0 Å². The zero-order valence-corrected chi connectivity index (χ0v) is 16.3. The van der Waals surface area contributed by atoms with Gasteiger partial charge in [-0.1, -0.05) is 23.6 Å². The van der Waals surface area contributed by atoms with Crippen molar-refractivity contribution in [2.75, 3.05) is 0 Å². The van der Waals surface area contributed by atoms with Gasteiger partial charge < -0.3 is 9.93 Å². The third-order valence-corrected chi connectivity index (χ3v) is 3.35. The number of rotatable bonds is 3. The van der Waals surface area contributed by atoms with E-state index in [-0.39, 0.29) is 39.9 Å². The fourth-order valence-electron chi connectivity index (χ4n) is 1.16. The molecule has 0 spiro atoms. The van der Waals surface area contributed by atoms with Crippen LogP contribution in [0.25, 0.3) is 4.83 Å². The molecule has 1 aromatic rings. The first kappa shape index (κ1) is 20.8. The van der Waals surface area contributed by atoms with Crippen LogP contribution >= 0.6 is 0 Å². The van der Waals surface area contributed by atoms with Gasteiger partial charge in [0.2, 0.25) is 0 Å². The Kier molecular flexibility index (Phi) is 8.52. The normalized spacial score (nSPS) is 10.7. The summed E-state index contributed by atoms with van der Waals surface area (Å²) in [6.07, 6.45) is 1.11. The molecule has 6 heteroatoms. The van der Waals surface area contributed by atoms with Gasteiger partial charge in [-0.3, -0.25) is 0 Å². The molecule has 0 amide bonds. The van der Waals surface area contributed by atoms with E-state index in [1.807, 2.05) is 27.7 Å². The predicted octanol–water partition coefficient (Wildman–Crippen LogP) is 0.100. The minimum atomic E-state index is -3.77. The van der Waals surface area contributed by atoms with E-state index in [2.05, 4.69) is 33.6 Å². The standard InChI is InChI=1S/C16H17N2O2S.Na/c1-14-8-10-15(11-9-14)21(19,20)18-17-13-7-5-6-12-16(2,3)4;/h8-11,13H,1-4H3;/q-1;+1/b17-13+;. The van der Waals surface area contributed by atoms with Crippen molar-refractivity contribution in [2.24, 2.45) is 10.5 Å². The molecule has 0 atom stereocenters. The van der Waals surface area contributed by atoms with Gasteiger partial charge in [0, 0.05) is 5.41 Å². The molecule has 110 valence electrons. The Balaban J connectivity index is 0.00000441. The first-order chi connectivity index (χ1) is 9.71. The Morgan fingerprint density at radius 2 is 1.73 bits per heavy atom. The van der Waals surface area contributed by atoms with Crippen LogP contribution in [0.3, 0.4) is 0 Å². The van der Waals surface area contributed by atoms with E-state index in [1.165, 1.54) is 12.1 Å². The molecule has 0 aliphatic carbocycles. The van der Waals surface area contributed by atoms with Crippen LogP contribution in [0, 0.1) is 36.0 Å². The summed E-state index contributed by atoms with van der Waals surface area (Å²) in [5.74, 6) is 10.7. The van der Waals surface area contributed by atoms with Crippen molar-refractivity contribution >= 4 is 16.2 Å². The third-order valence-electron chi connectivity index (χ3n) is 2.17. The maximum absolute atomic E-state index is 11.8. The zero-order valence-electron chi connectivity index (χ0n) is 13.5. The first-order valence-electron chi connectivity index (χ1n) is 6.29. The largest absolute Gasteiger partial charge is 1.00 e. The summed E-state index contributed by atoms with van der Waals surface area (Å²) in [5, 5.41) is 3.45. The quantitative estimate of drug-likeness (QED) is 0.343. The number of hydrogen-bond acceptors (Lipinski definition) is 3. The molecule has 22 heavy (non-hydrogen) atoms. The molecule has 0 fully saturated rings. The van der Waals surface area contributed by atoms with Gasteiger partial charge in [-0.05, 0) is 57.6 Å². The first-order valence-corrected chi connectivity index (χ1v) is 7.73. The number of aryl methyl sites for hydroxylation is 1. The number of hydrogen-bond donors (Lipinski definition) is 0. The van der Waals surface area contributed by atoms with E-state index < -0.39 is 10.0 Å². The second-order valence-electron chi connectivity index (χ2n) is 5.38. The van der Waals surface area contributed by atoms with E-state index in [1.54, 1.807) is 12.1 Å². The molecule has 0 aromatic heterocycles. The summed E-state index contributed by atoms with van der Waals surface area (Å²) in [5.41, 5.74) is 0.853. The monoisotopic (exact) mass is 324 g/mol. The summed E-state index contributed by atoms with van der Waals surface area (Å²) in [4.78, 5) is 3.40. The number of nitrogens with zero attached hydrogens (tertiary/aromatic N) is 2. The minimum Gasteiger partial charge on any atom is -0.490 e. The molecule has 0 bridgehead atoms. The second kappa shape index (κ2) is 9.02. The Bertz CT molecular complexity index is 738. The van der Waals surface area contributed by atoms with Gasteiger partial charge in [0.05, 0.1) is 11.1 Å². The fourth-order valence-corrected chi connectivity index (χ4v) is 1.90. The summed E-state index contributed by atoms with van der Waals surface area (Å²) < 4.78 is 23.6. The summed E-state index contributed by atoms with van der Waals surface area (Å²) in [7, 11) is -3.77. The zero-order chi connectivity index (χ0) is 15.9. The maximum Gasteiger partial charge on any atom is 1.00 e. The van der Waals surface area contributed by atoms with Crippen LogP contribution in [0.2, 0.25) is 0 Å². The summed E-state index contributed by atoms with van der Waals surface area (Å²) >= 11 is 0. The molecule has 0 radical (unpaired) electrons. The van der Waals surface area contributed by atoms with E-state index in [9.17, 15) is 8.42 Å². The molecular weight excluding hydrogens is 307 g/mol. The van der Waals surface area contributed by atoms with Gasteiger partial charge >= 0.3 is 29.6 Å². The van der Waals surface area contributed by atoms with Crippen molar-refractivity contribution in [3.05, 3.63) is 34.7 Å². The van der Waals surface area contributed by atoms with Crippen molar-refractivity contribution in [3.8, 4) is 23.7 Å². The molecule has 0 unspecified atom stereocenters. The van der Waals surface area contributed by atoms with Crippen LogP contribution in [-0.2, 0) is 10.0 Å². The van der Waals surface area contributed by atoms with Crippen LogP contribution < -0.4 is 29.6 Å². The second-order valence-corrected chi connectivity index (χ2v) is 6.97. The van der Waals surface area contributed by atoms with Gasteiger partial charge in [0.1, 0.15) is 10.0 Å². The maximum atomic E-state index is 11.8. The van der Waals surface area contributed by atoms with Crippen LogP contribution in [0.5, 0.6) is 0 Å². The van der Waals surface area contributed by atoms with Crippen LogP contribution in [0.4, 0.5) is 0 Å². The topological polar surface area (TPSA) is 60.6 Å². The SMILES string of the molecule is Cc1ccc(S(=O)(=O)[N-]/N=C/C#CC#CC(C)(C)C)cc1.[Na+]. The van der Waals surface area contributed by atoms with Gasteiger partial charge in [0.15, 0.2) is 0 Å².